The van der Waals surface area contributed by atoms with Crippen molar-refractivity contribution >= 4 is 12.0 Å². The van der Waals surface area contributed by atoms with Crippen molar-refractivity contribution in [2.24, 2.45) is 5.73 Å². The minimum Gasteiger partial charge on any atom is -0.444 e. The maximum Gasteiger partial charge on any atom is 0.408 e. The number of ether oxygens (including phenoxy) is 1. The molecule has 0 bridgehead atoms. The molecule has 0 spiro atoms. The van der Waals surface area contributed by atoms with E-state index in [1.807, 2.05) is 30.3 Å². The van der Waals surface area contributed by atoms with Crippen molar-refractivity contribution in [2.45, 2.75) is 32.9 Å². The maximum absolute atomic E-state index is 11.5. The minimum atomic E-state index is -0.595. The molecule has 0 aliphatic heterocycles. The van der Waals surface area contributed by atoms with Crippen LogP contribution in [0.15, 0.2) is 30.3 Å². The van der Waals surface area contributed by atoms with E-state index in [9.17, 15) is 9.59 Å². The summed E-state index contributed by atoms with van der Waals surface area (Å²) in [5, 5.41) is 5.11. The number of nitrogens with one attached hydrogen (secondary N) is 2. The molecule has 0 aromatic heterocycles. The second kappa shape index (κ2) is 9.77. The molecule has 0 heterocycles. The van der Waals surface area contributed by atoms with E-state index in [1.165, 1.54) is 7.05 Å². The molecule has 0 radical (unpaired) electrons. The minimum absolute atomic E-state index is 0.0955. The summed E-state index contributed by atoms with van der Waals surface area (Å²) in [4.78, 5) is 22.8. The highest BCUT2D eigenvalue weighted by Gasteiger charge is 2.16. The fourth-order valence-corrected chi connectivity index (χ4v) is 1.33. The van der Waals surface area contributed by atoms with E-state index >= 15 is 0 Å². The van der Waals surface area contributed by atoms with E-state index < -0.39 is 11.7 Å². The summed E-state index contributed by atoms with van der Waals surface area (Å²) in [6, 6.07) is 9.55. The Bertz CT molecular complexity index is 428. The van der Waals surface area contributed by atoms with Crippen molar-refractivity contribution in [1.82, 2.24) is 10.6 Å². The SMILES string of the molecule is CC(C)(C)OC(=O)NCC(=O)NCc1ccccc1.CN. The lowest BCUT2D eigenvalue weighted by atomic mass is 10.2. The van der Waals surface area contributed by atoms with Gasteiger partial charge in [0, 0.05) is 6.54 Å². The summed E-state index contributed by atoms with van der Waals surface area (Å²) >= 11 is 0. The fraction of sp³-hybridized carbons (Fsp3) is 0.467. The van der Waals surface area contributed by atoms with Gasteiger partial charge in [0.1, 0.15) is 12.1 Å². The van der Waals surface area contributed by atoms with Gasteiger partial charge in [0.05, 0.1) is 0 Å². The van der Waals surface area contributed by atoms with Crippen LogP contribution in [0.4, 0.5) is 4.79 Å². The molecule has 1 rings (SSSR count). The van der Waals surface area contributed by atoms with Gasteiger partial charge in [-0.05, 0) is 33.4 Å². The Hall–Kier alpha value is -2.08. The van der Waals surface area contributed by atoms with Gasteiger partial charge in [0.2, 0.25) is 5.91 Å². The van der Waals surface area contributed by atoms with Crippen molar-refractivity contribution in [2.75, 3.05) is 13.6 Å². The van der Waals surface area contributed by atoms with Gasteiger partial charge in [-0.1, -0.05) is 30.3 Å². The van der Waals surface area contributed by atoms with Crippen LogP contribution < -0.4 is 16.4 Å². The molecule has 21 heavy (non-hydrogen) atoms. The molecule has 2 amide bonds. The van der Waals surface area contributed by atoms with E-state index in [-0.39, 0.29) is 12.5 Å². The second-order valence-corrected chi connectivity index (χ2v) is 5.12. The van der Waals surface area contributed by atoms with Crippen LogP contribution in [-0.4, -0.2) is 31.2 Å². The lowest BCUT2D eigenvalue weighted by Gasteiger charge is -2.19. The number of carbonyl (C=O) groups excluding carboxylic acids is 2. The van der Waals surface area contributed by atoms with Crippen LogP contribution in [0, 0.1) is 0 Å². The Labute approximate surface area is 126 Å². The molecule has 0 aliphatic rings. The largest absolute Gasteiger partial charge is 0.444 e. The number of benzene rings is 1. The summed E-state index contributed by atoms with van der Waals surface area (Å²) in [5.41, 5.74) is 4.94. The van der Waals surface area contributed by atoms with Crippen LogP contribution in [0.1, 0.15) is 26.3 Å². The predicted octanol–water partition coefficient (Wildman–Crippen LogP) is 1.40. The van der Waals surface area contributed by atoms with E-state index in [0.29, 0.717) is 6.54 Å². The first-order chi connectivity index (χ1) is 9.87. The summed E-state index contributed by atoms with van der Waals surface area (Å²) in [5.74, 6) is -0.255. The second-order valence-electron chi connectivity index (χ2n) is 5.12. The van der Waals surface area contributed by atoms with Gasteiger partial charge in [-0.3, -0.25) is 4.79 Å². The highest BCUT2D eigenvalue weighted by atomic mass is 16.6. The zero-order valence-corrected chi connectivity index (χ0v) is 13.1. The average molecular weight is 295 g/mol. The quantitative estimate of drug-likeness (QED) is 0.782. The molecular weight excluding hydrogens is 270 g/mol. The molecule has 6 nitrogen and oxygen atoms in total. The average Bonchev–Trinajstić information content (AvgIpc) is 2.44. The molecular formula is C15H25N3O3. The molecule has 4 N–H and O–H groups in total. The Morgan fingerprint density at radius 2 is 1.67 bits per heavy atom. The van der Waals surface area contributed by atoms with E-state index in [2.05, 4.69) is 16.4 Å². The lowest BCUT2D eigenvalue weighted by molar-refractivity contribution is -0.120. The first-order valence-electron chi connectivity index (χ1n) is 6.72. The zero-order valence-electron chi connectivity index (χ0n) is 13.1. The normalized spacial score (nSPS) is 9.95. The van der Waals surface area contributed by atoms with Crippen LogP contribution >= 0.6 is 0 Å². The Balaban J connectivity index is 0.00000191. The summed E-state index contributed by atoms with van der Waals surface area (Å²) < 4.78 is 5.02. The smallest absolute Gasteiger partial charge is 0.408 e. The van der Waals surface area contributed by atoms with E-state index in [4.69, 9.17) is 4.74 Å². The van der Waals surface area contributed by atoms with Crippen molar-refractivity contribution in [3.05, 3.63) is 35.9 Å². The fourth-order valence-electron chi connectivity index (χ4n) is 1.33. The van der Waals surface area contributed by atoms with Crippen LogP contribution in [-0.2, 0) is 16.1 Å². The lowest BCUT2D eigenvalue weighted by Crippen LogP contribution is -2.39. The Morgan fingerprint density at radius 1 is 1.10 bits per heavy atom. The summed E-state index contributed by atoms with van der Waals surface area (Å²) in [6.07, 6.45) is -0.595. The number of nitrogens with two attached hydrogens (primary N) is 1. The van der Waals surface area contributed by atoms with Gasteiger partial charge in [0.25, 0.3) is 0 Å². The molecule has 6 heteroatoms. The van der Waals surface area contributed by atoms with Gasteiger partial charge < -0.3 is 21.1 Å². The van der Waals surface area contributed by atoms with Crippen molar-refractivity contribution < 1.29 is 14.3 Å². The van der Waals surface area contributed by atoms with Crippen molar-refractivity contribution in [3.8, 4) is 0 Å². The molecule has 0 saturated carbocycles. The standard InChI is InChI=1S/C14H20N2O3.CH5N/c1-14(2,3)19-13(18)16-10-12(17)15-9-11-7-5-4-6-8-11;1-2/h4-8H,9-10H2,1-3H3,(H,15,17)(H,16,18);2H2,1H3. The van der Waals surface area contributed by atoms with E-state index in [1.54, 1.807) is 20.8 Å². The molecule has 1 aromatic carbocycles. The van der Waals surface area contributed by atoms with Crippen LogP contribution in [0.5, 0.6) is 0 Å². The predicted molar refractivity (Wildman–Crippen MR) is 82.6 cm³/mol. The monoisotopic (exact) mass is 295 g/mol. The molecule has 0 aliphatic carbocycles. The maximum atomic E-state index is 11.5. The molecule has 0 fully saturated rings. The van der Waals surface area contributed by atoms with Gasteiger partial charge in [-0.25, -0.2) is 4.79 Å². The third-order valence-corrected chi connectivity index (χ3v) is 2.12. The first-order valence-corrected chi connectivity index (χ1v) is 6.72. The van der Waals surface area contributed by atoms with Gasteiger partial charge in [-0.2, -0.15) is 0 Å². The Morgan fingerprint density at radius 3 is 2.19 bits per heavy atom. The number of rotatable bonds is 4. The summed E-state index contributed by atoms with van der Waals surface area (Å²) in [6.45, 7) is 5.64. The molecule has 0 unspecified atom stereocenters. The Kier molecular flexibility index (Phi) is 8.80. The molecule has 1 aromatic rings. The van der Waals surface area contributed by atoms with Gasteiger partial charge in [0.15, 0.2) is 0 Å². The van der Waals surface area contributed by atoms with Crippen LogP contribution in [0.25, 0.3) is 0 Å². The van der Waals surface area contributed by atoms with E-state index in [0.717, 1.165) is 5.56 Å². The third kappa shape index (κ3) is 10.4. The highest BCUT2D eigenvalue weighted by Crippen LogP contribution is 2.06. The first kappa shape index (κ1) is 18.9. The van der Waals surface area contributed by atoms with Gasteiger partial charge in [-0.15, -0.1) is 0 Å². The number of alkyl carbamates (subject to hydrolysis) is 1. The van der Waals surface area contributed by atoms with Crippen molar-refractivity contribution in [3.63, 3.8) is 0 Å². The number of hydrogen-bond donors (Lipinski definition) is 3. The summed E-state index contributed by atoms with van der Waals surface area (Å²) in [7, 11) is 1.50. The molecule has 0 atom stereocenters. The van der Waals surface area contributed by atoms with Crippen LogP contribution in [0.2, 0.25) is 0 Å². The van der Waals surface area contributed by atoms with Crippen molar-refractivity contribution in [1.29, 1.82) is 0 Å². The highest BCUT2D eigenvalue weighted by molar-refractivity contribution is 5.82. The number of carbonyl (C=O) groups is 2. The van der Waals surface area contributed by atoms with Crippen LogP contribution in [0.3, 0.4) is 0 Å². The number of amides is 2. The number of hydrogen-bond acceptors (Lipinski definition) is 4. The molecule has 0 saturated heterocycles. The molecule has 118 valence electrons. The topological polar surface area (TPSA) is 93.4 Å². The zero-order chi connectivity index (χ0) is 16.3. The van der Waals surface area contributed by atoms with Gasteiger partial charge >= 0.3 is 6.09 Å². The third-order valence-electron chi connectivity index (χ3n) is 2.12.